The molecule has 0 aromatic carbocycles. The van der Waals surface area contributed by atoms with Gasteiger partial charge >= 0.3 is 5.69 Å². The van der Waals surface area contributed by atoms with E-state index in [0.717, 1.165) is 13.0 Å². The van der Waals surface area contributed by atoms with Gasteiger partial charge in [0.05, 0.1) is 4.92 Å². The maximum Gasteiger partial charge on any atom is 0.333 e. The smallest absolute Gasteiger partial charge is 0.333 e. The minimum atomic E-state index is -0.324. The van der Waals surface area contributed by atoms with E-state index < -0.39 is 0 Å². The summed E-state index contributed by atoms with van der Waals surface area (Å²) in [5.41, 5.74) is 1.03. The third-order valence-electron chi connectivity index (χ3n) is 3.55. The van der Waals surface area contributed by atoms with Gasteiger partial charge in [-0.15, -0.1) is 0 Å². The molecule has 1 aliphatic carbocycles. The largest absolute Gasteiger partial charge is 0.364 e. The fourth-order valence-corrected chi connectivity index (χ4v) is 2.05. The van der Waals surface area contributed by atoms with Crippen molar-refractivity contribution >= 4 is 11.5 Å². The van der Waals surface area contributed by atoms with Crippen molar-refractivity contribution in [2.75, 3.05) is 11.9 Å². The number of nitro groups is 1. The van der Waals surface area contributed by atoms with Gasteiger partial charge in [0.2, 0.25) is 5.82 Å². The van der Waals surface area contributed by atoms with Gasteiger partial charge in [0.15, 0.2) is 0 Å². The van der Waals surface area contributed by atoms with Crippen molar-refractivity contribution in [3.63, 3.8) is 0 Å². The Morgan fingerprint density at radius 3 is 2.72 bits per heavy atom. The second kappa shape index (κ2) is 4.59. The van der Waals surface area contributed by atoms with E-state index in [1.165, 1.54) is 12.8 Å². The van der Waals surface area contributed by atoms with Crippen LogP contribution >= 0.6 is 0 Å². The Bertz CT molecular complexity index is 463. The summed E-state index contributed by atoms with van der Waals surface area (Å²) in [6.07, 6.45) is 3.87. The molecule has 1 aromatic rings. The van der Waals surface area contributed by atoms with E-state index in [1.54, 1.807) is 11.7 Å². The Kier molecular flexibility index (Phi) is 3.28. The van der Waals surface area contributed by atoms with Crippen LogP contribution in [0.1, 0.15) is 38.8 Å². The first kappa shape index (κ1) is 12.9. The molecular weight excluding hydrogens is 232 g/mol. The fourth-order valence-electron chi connectivity index (χ4n) is 2.05. The van der Waals surface area contributed by atoms with Crippen LogP contribution in [-0.2, 0) is 13.5 Å². The molecule has 6 heteroatoms. The van der Waals surface area contributed by atoms with Crippen molar-refractivity contribution in [2.45, 2.75) is 39.5 Å². The number of anilines is 1. The number of nitrogens with zero attached hydrogens (tertiary/aromatic N) is 3. The Labute approximate surface area is 107 Å². The lowest BCUT2D eigenvalue weighted by atomic mass is 10.1. The molecular formula is C12H20N4O2. The van der Waals surface area contributed by atoms with Gasteiger partial charge in [0.25, 0.3) is 0 Å². The topological polar surface area (TPSA) is 73.0 Å². The molecule has 0 bridgehead atoms. The lowest BCUT2D eigenvalue weighted by Gasteiger charge is -2.10. The summed E-state index contributed by atoms with van der Waals surface area (Å²) in [4.78, 5) is 10.9. The van der Waals surface area contributed by atoms with Crippen LogP contribution in [0.25, 0.3) is 0 Å². The van der Waals surface area contributed by atoms with Crippen molar-refractivity contribution in [1.29, 1.82) is 0 Å². The Morgan fingerprint density at radius 2 is 2.22 bits per heavy atom. The van der Waals surface area contributed by atoms with Gasteiger partial charge < -0.3 is 5.32 Å². The van der Waals surface area contributed by atoms with E-state index in [1.807, 2.05) is 6.92 Å². The first-order valence-electron chi connectivity index (χ1n) is 6.41. The lowest BCUT2D eigenvalue weighted by molar-refractivity contribution is -0.384. The van der Waals surface area contributed by atoms with E-state index in [0.29, 0.717) is 23.3 Å². The molecule has 0 aliphatic heterocycles. The van der Waals surface area contributed by atoms with Gasteiger partial charge in [-0.05, 0) is 24.7 Å². The van der Waals surface area contributed by atoms with Gasteiger partial charge in [0, 0.05) is 13.6 Å². The minimum Gasteiger partial charge on any atom is -0.364 e. The summed E-state index contributed by atoms with van der Waals surface area (Å²) in [6.45, 7) is 4.96. The van der Waals surface area contributed by atoms with Gasteiger partial charge in [-0.25, -0.2) is 4.68 Å². The van der Waals surface area contributed by atoms with E-state index in [4.69, 9.17) is 0 Å². The van der Waals surface area contributed by atoms with Crippen LogP contribution in [0.15, 0.2) is 0 Å². The molecule has 1 saturated carbocycles. The molecule has 1 fully saturated rings. The molecule has 1 heterocycles. The van der Waals surface area contributed by atoms with E-state index in [2.05, 4.69) is 17.3 Å². The predicted octanol–water partition coefficient (Wildman–Crippen LogP) is 2.49. The molecule has 18 heavy (non-hydrogen) atoms. The van der Waals surface area contributed by atoms with E-state index in [9.17, 15) is 10.1 Å². The predicted molar refractivity (Wildman–Crippen MR) is 69.7 cm³/mol. The zero-order valence-electron chi connectivity index (χ0n) is 11.2. The average molecular weight is 252 g/mol. The normalized spacial score (nSPS) is 16.6. The van der Waals surface area contributed by atoms with Crippen molar-refractivity contribution < 1.29 is 4.92 Å². The second-order valence-electron chi connectivity index (χ2n) is 5.44. The number of hydrogen-bond donors (Lipinski definition) is 1. The molecule has 6 nitrogen and oxygen atoms in total. The molecule has 0 spiro atoms. The van der Waals surface area contributed by atoms with Crippen LogP contribution in [-0.4, -0.2) is 21.2 Å². The average Bonchev–Trinajstić information content (AvgIpc) is 2.93. The summed E-state index contributed by atoms with van der Waals surface area (Å²) < 4.78 is 1.59. The molecule has 1 aliphatic rings. The standard InChI is InChI=1S/C12H20N4O2/c1-4-5-9-10(16(17)18)11(15(3)14-9)13-8-12(2)6-7-12/h13H,4-8H2,1-3H3. The first-order chi connectivity index (χ1) is 8.47. The van der Waals surface area contributed by atoms with Crippen LogP contribution in [0.4, 0.5) is 11.5 Å². The van der Waals surface area contributed by atoms with Crippen LogP contribution in [0.3, 0.4) is 0 Å². The highest BCUT2D eigenvalue weighted by Gasteiger charge is 2.38. The molecule has 0 amide bonds. The molecule has 100 valence electrons. The summed E-state index contributed by atoms with van der Waals surface area (Å²) >= 11 is 0. The van der Waals surface area contributed by atoms with Gasteiger partial charge in [-0.2, -0.15) is 5.10 Å². The summed E-state index contributed by atoms with van der Waals surface area (Å²) in [7, 11) is 1.75. The van der Waals surface area contributed by atoms with Crippen LogP contribution in [0.5, 0.6) is 0 Å². The van der Waals surface area contributed by atoms with Crippen LogP contribution in [0, 0.1) is 15.5 Å². The number of nitrogens with one attached hydrogen (secondary N) is 1. The highest BCUT2D eigenvalue weighted by molar-refractivity contribution is 5.60. The second-order valence-corrected chi connectivity index (χ2v) is 5.44. The Balaban J connectivity index is 2.23. The third kappa shape index (κ3) is 2.47. The van der Waals surface area contributed by atoms with E-state index >= 15 is 0 Å². The fraction of sp³-hybridized carbons (Fsp3) is 0.750. The van der Waals surface area contributed by atoms with Crippen LogP contribution in [0.2, 0.25) is 0 Å². The number of rotatable bonds is 6. The molecule has 0 saturated heterocycles. The minimum absolute atomic E-state index is 0.142. The van der Waals surface area contributed by atoms with Gasteiger partial charge in [0.1, 0.15) is 5.69 Å². The zero-order valence-corrected chi connectivity index (χ0v) is 11.2. The molecule has 1 N–H and O–H groups in total. The highest BCUT2D eigenvalue weighted by atomic mass is 16.6. The zero-order chi connectivity index (χ0) is 13.3. The lowest BCUT2D eigenvalue weighted by Crippen LogP contribution is -2.14. The molecule has 2 rings (SSSR count). The van der Waals surface area contributed by atoms with Gasteiger partial charge in [-0.3, -0.25) is 10.1 Å². The third-order valence-corrected chi connectivity index (χ3v) is 3.55. The maximum atomic E-state index is 11.2. The van der Waals surface area contributed by atoms with Crippen molar-refractivity contribution in [2.24, 2.45) is 12.5 Å². The molecule has 0 atom stereocenters. The molecule has 0 radical (unpaired) electrons. The van der Waals surface area contributed by atoms with Crippen LogP contribution < -0.4 is 5.32 Å². The molecule has 1 aromatic heterocycles. The number of aryl methyl sites for hydroxylation is 2. The quantitative estimate of drug-likeness (QED) is 0.623. The van der Waals surface area contributed by atoms with Crippen molar-refractivity contribution in [3.05, 3.63) is 15.8 Å². The van der Waals surface area contributed by atoms with Gasteiger partial charge in [-0.1, -0.05) is 20.3 Å². The Hall–Kier alpha value is -1.59. The number of aromatic nitrogens is 2. The van der Waals surface area contributed by atoms with E-state index in [-0.39, 0.29) is 10.6 Å². The van der Waals surface area contributed by atoms with Crippen molar-refractivity contribution in [1.82, 2.24) is 9.78 Å². The first-order valence-corrected chi connectivity index (χ1v) is 6.41. The van der Waals surface area contributed by atoms with Crippen molar-refractivity contribution in [3.8, 4) is 0 Å². The summed E-state index contributed by atoms with van der Waals surface area (Å²) in [5.74, 6) is 0.538. The summed E-state index contributed by atoms with van der Waals surface area (Å²) in [6, 6.07) is 0. The SMILES string of the molecule is CCCc1nn(C)c(NCC2(C)CC2)c1[N+](=O)[O-]. The maximum absolute atomic E-state index is 11.2. The number of hydrogen-bond acceptors (Lipinski definition) is 4. The monoisotopic (exact) mass is 252 g/mol. The summed E-state index contributed by atoms with van der Waals surface area (Å²) in [5, 5.41) is 18.6. The highest BCUT2D eigenvalue weighted by Crippen LogP contribution is 2.45. The Morgan fingerprint density at radius 1 is 1.56 bits per heavy atom. The molecule has 0 unspecified atom stereocenters.